The van der Waals surface area contributed by atoms with E-state index in [1.807, 2.05) is 0 Å². The minimum Gasteiger partial charge on any atom is -0.493 e. The van der Waals surface area contributed by atoms with Gasteiger partial charge in [-0.15, -0.1) is 0 Å². The van der Waals surface area contributed by atoms with E-state index in [2.05, 4.69) is 28.4 Å². The summed E-state index contributed by atoms with van der Waals surface area (Å²) in [5, 5.41) is 3.55. The monoisotopic (exact) mass is 260 g/mol. The summed E-state index contributed by atoms with van der Waals surface area (Å²) in [6.07, 6.45) is 1.44. The molecule has 0 unspecified atom stereocenters. The lowest BCUT2D eigenvalue weighted by Crippen LogP contribution is -2.47. The first-order valence-corrected chi connectivity index (χ1v) is 7.20. The van der Waals surface area contributed by atoms with Gasteiger partial charge in [0.15, 0.2) is 0 Å². The number of rotatable bonds is 2. The lowest BCUT2D eigenvalue weighted by molar-refractivity contribution is 0.0175. The summed E-state index contributed by atoms with van der Waals surface area (Å²) in [5.41, 5.74) is 2.76. The van der Waals surface area contributed by atoms with Crippen molar-refractivity contribution in [1.82, 2.24) is 10.2 Å². The Balaban J connectivity index is 1.44. The van der Waals surface area contributed by atoms with Gasteiger partial charge in [0.2, 0.25) is 0 Å². The third-order valence-corrected chi connectivity index (χ3v) is 4.34. The Morgan fingerprint density at radius 2 is 2.26 bits per heavy atom. The van der Waals surface area contributed by atoms with Gasteiger partial charge in [-0.3, -0.25) is 4.90 Å². The van der Waals surface area contributed by atoms with Crippen molar-refractivity contribution in [1.29, 1.82) is 0 Å². The molecule has 0 radical (unpaired) electrons. The first-order valence-electron chi connectivity index (χ1n) is 7.20. The topological polar surface area (TPSA) is 33.7 Å². The maximum absolute atomic E-state index is 5.82. The predicted molar refractivity (Wildman–Crippen MR) is 72.4 cm³/mol. The van der Waals surface area contributed by atoms with Crippen LogP contribution in [0.15, 0.2) is 18.2 Å². The van der Waals surface area contributed by atoms with E-state index in [-0.39, 0.29) is 0 Å². The summed E-state index contributed by atoms with van der Waals surface area (Å²) in [6.45, 7) is 5.84. The van der Waals surface area contributed by atoms with Crippen molar-refractivity contribution in [3.63, 3.8) is 0 Å². The molecule has 3 aliphatic heterocycles. The van der Waals surface area contributed by atoms with E-state index in [1.165, 1.54) is 11.1 Å². The fourth-order valence-corrected chi connectivity index (χ4v) is 3.40. The van der Waals surface area contributed by atoms with Gasteiger partial charge < -0.3 is 14.8 Å². The maximum atomic E-state index is 5.82. The molecule has 0 saturated carbocycles. The lowest BCUT2D eigenvalue weighted by atomic mass is 10.1. The van der Waals surface area contributed by atoms with Crippen molar-refractivity contribution < 1.29 is 9.47 Å². The molecule has 3 aliphatic rings. The van der Waals surface area contributed by atoms with Gasteiger partial charge in [-0.05, 0) is 17.2 Å². The largest absolute Gasteiger partial charge is 0.493 e. The highest BCUT2D eigenvalue weighted by Crippen LogP contribution is 2.27. The van der Waals surface area contributed by atoms with Crippen LogP contribution in [0.1, 0.15) is 11.1 Å². The van der Waals surface area contributed by atoms with E-state index in [4.69, 9.17) is 9.47 Å². The van der Waals surface area contributed by atoms with Crippen LogP contribution in [0.5, 0.6) is 5.75 Å². The van der Waals surface area contributed by atoms with Gasteiger partial charge in [-0.1, -0.05) is 12.1 Å². The first kappa shape index (κ1) is 11.7. The SMILES string of the molecule is c1cc2c(cc1CN1C[C@@H]3NCCO[C@H]3C1)CCO2. The summed E-state index contributed by atoms with van der Waals surface area (Å²) in [4.78, 5) is 2.49. The second-order valence-electron chi connectivity index (χ2n) is 5.70. The number of nitrogens with one attached hydrogen (secondary N) is 1. The number of ether oxygens (including phenoxy) is 2. The fourth-order valence-electron chi connectivity index (χ4n) is 3.40. The van der Waals surface area contributed by atoms with E-state index in [0.29, 0.717) is 12.1 Å². The average Bonchev–Trinajstić information content (AvgIpc) is 3.03. The zero-order valence-corrected chi connectivity index (χ0v) is 11.1. The lowest BCUT2D eigenvalue weighted by Gasteiger charge is -2.25. The second-order valence-corrected chi connectivity index (χ2v) is 5.70. The Morgan fingerprint density at radius 3 is 3.21 bits per heavy atom. The minimum absolute atomic E-state index is 0.381. The van der Waals surface area contributed by atoms with Gasteiger partial charge in [0.25, 0.3) is 0 Å². The number of nitrogens with zero attached hydrogens (tertiary/aromatic N) is 1. The van der Waals surface area contributed by atoms with Crippen molar-refractivity contribution in [2.75, 3.05) is 32.8 Å². The van der Waals surface area contributed by atoms with E-state index in [9.17, 15) is 0 Å². The molecule has 4 heteroatoms. The summed E-state index contributed by atoms with van der Waals surface area (Å²) < 4.78 is 11.4. The summed E-state index contributed by atoms with van der Waals surface area (Å²) in [7, 11) is 0. The molecule has 2 atom stereocenters. The quantitative estimate of drug-likeness (QED) is 0.852. The molecule has 2 saturated heterocycles. The number of hydrogen-bond acceptors (Lipinski definition) is 4. The number of benzene rings is 1. The van der Waals surface area contributed by atoms with Crippen LogP contribution in [0.2, 0.25) is 0 Å². The molecule has 4 rings (SSSR count). The molecule has 0 aliphatic carbocycles. The normalized spacial score (nSPS) is 29.9. The highest BCUT2D eigenvalue weighted by Gasteiger charge is 2.35. The molecular weight excluding hydrogens is 240 g/mol. The second kappa shape index (κ2) is 4.78. The number of likely N-dealkylation sites (tertiary alicyclic amines) is 1. The van der Waals surface area contributed by atoms with Crippen LogP contribution in [-0.4, -0.2) is 49.9 Å². The van der Waals surface area contributed by atoms with E-state index in [1.54, 1.807) is 0 Å². The van der Waals surface area contributed by atoms with Crippen molar-refractivity contribution in [3.8, 4) is 5.75 Å². The van der Waals surface area contributed by atoms with Gasteiger partial charge in [0.1, 0.15) is 5.75 Å². The number of hydrogen-bond donors (Lipinski definition) is 1. The molecule has 0 aromatic heterocycles. The Kier molecular flexibility index (Phi) is 2.94. The molecule has 0 amide bonds. The third kappa shape index (κ3) is 2.24. The van der Waals surface area contributed by atoms with Crippen molar-refractivity contribution in [2.45, 2.75) is 25.1 Å². The van der Waals surface area contributed by atoms with Gasteiger partial charge in [0.05, 0.1) is 19.3 Å². The van der Waals surface area contributed by atoms with Crippen molar-refractivity contribution in [2.24, 2.45) is 0 Å². The van der Waals surface area contributed by atoms with E-state index >= 15 is 0 Å². The van der Waals surface area contributed by atoms with Crippen LogP contribution in [-0.2, 0) is 17.7 Å². The Morgan fingerprint density at radius 1 is 1.26 bits per heavy atom. The molecule has 4 nitrogen and oxygen atoms in total. The molecule has 1 N–H and O–H groups in total. The molecule has 102 valence electrons. The molecule has 1 aromatic rings. The molecule has 19 heavy (non-hydrogen) atoms. The Bertz CT molecular complexity index is 463. The molecule has 2 fully saturated rings. The summed E-state index contributed by atoms with van der Waals surface area (Å²) >= 11 is 0. The summed E-state index contributed by atoms with van der Waals surface area (Å²) in [5.74, 6) is 1.07. The Labute approximate surface area is 113 Å². The predicted octanol–water partition coefficient (Wildman–Crippen LogP) is 0.794. The van der Waals surface area contributed by atoms with Crippen LogP contribution in [0, 0.1) is 0 Å². The zero-order valence-electron chi connectivity index (χ0n) is 11.1. The molecule has 1 aromatic carbocycles. The molecular formula is C15H20N2O2. The third-order valence-electron chi connectivity index (χ3n) is 4.34. The fraction of sp³-hybridized carbons (Fsp3) is 0.600. The van der Waals surface area contributed by atoms with Gasteiger partial charge in [-0.2, -0.15) is 0 Å². The highest BCUT2D eigenvalue weighted by molar-refractivity contribution is 5.39. The molecule has 0 bridgehead atoms. The minimum atomic E-state index is 0.381. The molecule has 0 spiro atoms. The van der Waals surface area contributed by atoms with Gasteiger partial charge in [0, 0.05) is 38.6 Å². The maximum Gasteiger partial charge on any atom is 0.122 e. The smallest absolute Gasteiger partial charge is 0.122 e. The first-order chi connectivity index (χ1) is 9.38. The van der Waals surface area contributed by atoms with E-state index in [0.717, 1.165) is 51.6 Å². The molecule has 3 heterocycles. The van der Waals surface area contributed by atoms with Crippen LogP contribution in [0.4, 0.5) is 0 Å². The highest BCUT2D eigenvalue weighted by atomic mass is 16.5. The van der Waals surface area contributed by atoms with Crippen LogP contribution < -0.4 is 10.1 Å². The van der Waals surface area contributed by atoms with Gasteiger partial charge in [-0.25, -0.2) is 0 Å². The van der Waals surface area contributed by atoms with E-state index < -0.39 is 0 Å². The number of fused-ring (bicyclic) bond motifs is 2. The average molecular weight is 260 g/mol. The van der Waals surface area contributed by atoms with Crippen LogP contribution >= 0.6 is 0 Å². The van der Waals surface area contributed by atoms with Crippen LogP contribution in [0.3, 0.4) is 0 Å². The Hall–Kier alpha value is -1.10. The number of morpholine rings is 1. The zero-order chi connectivity index (χ0) is 12.7. The summed E-state index contributed by atoms with van der Waals surface area (Å²) in [6, 6.07) is 7.14. The van der Waals surface area contributed by atoms with Crippen LogP contribution in [0.25, 0.3) is 0 Å². The van der Waals surface area contributed by atoms with Gasteiger partial charge >= 0.3 is 0 Å². The van der Waals surface area contributed by atoms with Crippen molar-refractivity contribution in [3.05, 3.63) is 29.3 Å². The standard InChI is InChI=1S/C15H20N2O2/c1-2-14-12(3-5-18-14)7-11(1)8-17-9-13-15(10-17)19-6-4-16-13/h1-2,7,13,15-16H,3-6,8-10H2/t13-,15-/m0/s1. The van der Waals surface area contributed by atoms with Crippen molar-refractivity contribution >= 4 is 0 Å².